The summed E-state index contributed by atoms with van der Waals surface area (Å²) in [5.41, 5.74) is 0.631. The zero-order valence-corrected chi connectivity index (χ0v) is 12.4. The minimum atomic E-state index is -0.221. The smallest absolute Gasteiger partial charge is 0.305 e. The molecule has 0 atom stereocenters. The summed E-state index contributed by atoms with van der Waals surface area (Å²) in [5, 5.41) is 2.77. The number of ether oxygens (including phenoxy) is 1. The van der Waals surface area contributed by atoms with Crippen LogP contribution in [0.3, 0.4) is 0 Å². The van der Waals surface area contributed by atoms with Gasteiger partial charge in [-0.25, -0.2) is 0 Å². The molecule has 0 radical (unpaired) electrons. The molecule has 4 nitrogen and oxygen atoms in total. The molecular weight excluding hydrogens is 345 g/mol. The van der Waals surface area contributed by atoms with Crippen molar-refractivity contribution in [2.24, 2.45) is 0 Å². The van der Waals surface area contributed by atoms with E-state index >= 15 is 0 Å². The number of benzene rings is 1. The Labute approximate surface area is 120 Å². The van der Waals surface area contributed by atoms with Crippen LogP contribution in [0.25, 0.3) is 0 Å². The van der Waals surface area contributed by atoms with E-state index < -0.39 is 0 Å². The largest absolute Gasteiger partial charge is 0.466 e. The van der Waals surface area contributed by atoms with Gasteiger partial charge in [0.1, 0.15) is 0 Å². The molecule has 0 bridgehead atoms. The second kappa shape index (κ2) is 8.07. The maximum atomic E-state index is 11.7. The molecule has 0 aromatic heterocycles. The molecule has 0 unspecified atom stereocenters. The lowest BCUT2D eigenvalue weighted by molar-refractivity contribution is -0.143. The number of nitrogens with one attached hydrogen (secondary N) is 1. The average Bonchev–Trinajstić information content (AvgIpc) is 2.35. The molecule has 1 aromatic rings. The quantitative estimate of drug-likeness (QED) is 0.481. The van der Waals surface area contributed by atoms with Crippen LogP contribution in [0.5, 0.6) is 0 Å². The lowest BCUT2D eigenvalue weighted by Gasteiger charge is -2.05. The van der Waals surface area contributed by atoms with E-state index in [2.05, 4.69) is 27.9 Å². The molecule has 18 heavy (non-hydrogen) atoms. The fraction of sp³-hybridized carbons (Fsp3) is 0.385. The second-order valence-corrected chi connectivity index (χ2v) is 4.92. The molecule has 0 saturated heterocycles. The molecule has 1 amide bonds. The Balaban J connectivity index is 2.25. The second-order valence-electron chi connectivity index (χ2n) is 3.67. The van der Waals surface area contributed by atoms with E-state index in [1.54, 1.807) is 19.1 Å². The van der Waals surface area contributed by atoms with Crippen molar-refractivity contribution in [2.45, 2.75) is 19.8 Å². The standard InChI is InChI=1S/C13H16INO3/c1-2-18-12(16)4-3-9-15-13(17)10-5-7-11(14)8-6-10/h5-8H,2-4,9H2,1H3,(H,15,17). The minimum Gasteiger partial charge on any atom is -0.466 e. The lowest BCUT2D eigenvalue weighted by Crippen LogP contribution is -2.25. The van der Waals surface area contributed by atoms with Gasteiger partial charge in [-0.15, -0.1) is 0 Å². The first kappa shape index (κ1) is 14.9. The number of halogens is 1. The molecule has 1 N–H and O–H groups in total. The number of carbonyl (C=O) groups is 2. The average molecular weight is 361 g/mol. The number of hydrogen-bond donors (Lipinski definition) is 1. The summed E-state index contributed by atoms with van der Waals surface area (Å²) >= 11 is 2.19. The minimum absolute atomic E-state index is 0.116. The summed E-state index contributed by atoms with van der Waals surface area (Å²) in [5.74, 6) is -0.337. The van der Waals surface area contributed by atoms with E-state index in [0.717, 1.165) is 3.57 Å². The van der Waals surface area contributed by atoms with E-state index in [1.807, 2.05) is 12.1 Å². The monoisotopic (exact) mass is 361 g/mol. The zero-order valence-electron chi connectivity index (χ0n) is 10.2. The Morgan fingerprint density at radius 1 is 1.28 bits per heavy atom. The molecule has 0 heterocycles. The van der Waals surface area contributed by atoms with Gasteiger partial charge in [-0.05, 0) is 60.2 Å². The third-order valence-corrected chi connectivity index (χ3v) is 2.97. The molecule has 98 valence electrons. The molecular formula is C13H16INO3. The van der Waals surface area contributed by atoms with Gasteiger partial charge in [0.2, 0.25) is 0 Å². The summed E-state index contributed by atoms with van der Waals surface area (Å²) in [6, 6.07) is 7.33. The van der Waals surface area contributed by atoms with Gasteiger partial charge in [0.15, 0.2) is 0 Å². The van der Waals surface area contributed by atoms with Gasteiger partial charge in [-0.2, -0.15) is 0 Å². The van der Waals surface area contributed by atoms with Crippen molar-refractivity contribution in [3.8, 4) is 0 Å². The Kier molecular flexibility index (Phi) is 6.70. The third-order valence-electron chi connectivity index (χ3n) is 2.25. The molecule has 0 aliphatic rings. The highest BCUT2D eigenvalue weighted by molar-refractivity contribution is 14.1. The van der Waals surface area contributed by atoms with Crippen LogP contribution in [0, 0.1) is 3.57 Å². The van der Waals surface area contributed by atoms with Gasteiger partial charge < -0.3 is 10.1 Å². The molecule has 0 aliphatic heterocycles. The predicted molar refractivity (Wildman–Crippen MR) is 77.4 cm³/mol. The van der Waals surface area contributed by atoms with E-state index in [-0.39, 0.29) is 11.9 Å². The Bertz CT molecular complexity index is 403. The zero-order chi connectivity index (χ0) is 13.4. The van der Waals surface area contributed by atoms with Gasteiger partial charge in [0, 0.05) is 22.1 Å². The molecule has 0 saturated carbocycles. The van der Waals surface area contributed by atoms with Gasteiger partial charge in [-0.3, -0.25) is 9.59 Å². The highest BCUT2D eigenvalue weighted by atomic mass is 127. The van der Waals surface area contributed by atoms with E-state index in [1.165, 1.54) is 0 Å². The van der Waals surface area contributed by atoms with Crippen molar-refractivity contribution in [1.82, 2.24) is 5.32 Å². The van der Waals surface area contributed by atoms with Crippen molar-refractivity contribution in [1.29, 1.82) is 0 Å². The highest BCUT2D eigenvalue weighted by Gasteiger charge is 2.05. The molecule has 5 heteroatoms. The van der Waals surface area contributed by atoms with E-state index in [4.69, 9.17) is 4.74 Å². The van der Waals surface area contributed by atoms with Crippen molar-refractivity contribution in [3.63, 3.8) is 0 Å². The summed E-state index contributed by atoms with van der Waals surface area (Å²) in [4.78, 5) is 22.8. The van der Waals surface area contributed by atoms with Crippen molar-refractivity contribution in [2.75, 3.05) is 13.2 Å². The molecule has 0 spiro atoms. The van der Waals surface area contributed by atoms with Gasteiger partial charge >= 0.3 is 5.97 Å². The topological polar surface area (TPSA) is 55.4 Å². The SMILES string of the molecule is CCOC(=O)CCCNC(=O)c1ccc(I)cc1. The number of esters is 1. The maximum absolute atomic E-state index is 11.7. The molecule has 0 fully saturated rings. The van der Waals surface area contributed by atoms with Gasteiger partial charge in [0.05, 0.1) is 6.61 Å². The lowest BCUT2D eigenvalue weighted by atomic mass is 10.2. The summed E-state index contributed by atoms with van der Waals surface area (Å²) in [7, 11) is 0. The van der Waals surface area contributed by atoms with Crippen molar-refractivity contribution < 1.29 is 14.3 Å². The van der Waals surface area contributed by atoms with E-state index in [9.17, 15) is 9.59 Å². The van der Waals surface area contributed by atoms with Crippen LogP contribution < -0.4 is 5.32 Å². The Morgan fingerprint density at radius 2 is 1.94 bits per heavy atom. The van der Waals surface area contributed by atoms with Crippen LogP contribution in [0.1, 0.15) is 30.1 Å². The first-order valence-corrected chi connectivity index (χ1v) is 6.90. The number of amides is 1. The first-order valence-electron chi connectivity index (χ1n) is 5.83. The molecule has 1 aromatic carbocycles. The third kappa shape index (κ3) is 5.48. The van der Waals surface area contributed by atoms with Crippen LogP contribution in [0.2, 0.25) is 0 Å². The normalized spacial score (nSPS) is 9.89. The molecule has 1 rings (SSSR count). The van der Waals surface area contributed by atoms with Gasteiger partial charge in [0.25, 0.3) is 5.91 Å². The number of rotatable bonds is 6. The fourth-order valence-electron chi connectivity index (χ4n) is 1.37. The van der Waals surface area contributed by atoms with E-state index in [0.29, 0.717) is 31.6 Å². The maximum Gasteiger partial charge on any atom is 0.305 e. The van der Waals surface area contributed by atoms with Crippen LogP contribution >= 0.6 is 22.6 Å². The predicted octanol–water partition coefficient (Wildman–Crippen LogP) is 2.36. The highest BCUT2D eigenvalue weighted by Crippen LogP contribution is 2.06. The van der Waals surface area contributed by atoms with Crippen LogP contribution in [-0.4, -0.2) is 25.0 Å². The fourth-order valence-corrected chi connectivity index (χ4v) is 1.73. The summed E-state index contributed by atoms with van der Waals surface area (Å²) in [6.45, 7) is 2.65. The number of hydrogen-bond acceptors (Lipinski definition) is 3. The molecule has 0 aliphatic carbocycles. The van der Waals surface area contributed by atoms with Crippen molar-refractivity contribution in [3.05, 3.63) is 33.4 Å². The summed E-state index contributed by atoms with van der Waals surface area (Å²) in [6.07, 6.45) is 0.926. The Hall–Kier alpha value is -1.11. The van der Waals surface area contributed by atoms with Gasteiger partial charge in [-0.1, -0.05) is 0 Å². The number of carbonyl (C=O) groups excluding carboxylic acids is 2. The van der Waals surface area contributed by atoms with Crippen molar-refractivity contribution >= 4 is 34.5 Å². The first-order chi connectivity index (χ1) is 8.63. The van der Waals surface area contributed by atoms with Crippen LogP contribution in [0.15, 0.2) is 24.3 Å². The van der Waals surface area contributed by atoms with Crippen LogP contribution in [0.4, 0.5) is 0 Å². The summed E-state index contributed by atoms with van der Waals surface area (Å²) < 4.78 is 5.88. The Morgan fingerprint density at radius 3 is 2.56 bits per heavy atom. The van der Waals surface area contributed by atoms with Crippen LogP contribution in [-0.2, 0) is 9.53 Å².